The quantitative estimate of drug-likeness (QED) is 0.783. The first-order chi connectivity index (χ1) is 9.90. The highest BCUT2D eigenvalue weighted by Crippen LogP contribution is 2.35. The molecule has 0 spiro atoms. The highest BCUT2D eigenvalue weighted by Gasteiger charge is 2.30. The van der Waals surface area contributed by atoms with Crippen molar-refractivity contribution in [1.29, 1.82) is 0 Å². The Labute approximate surface area is 120 Å². The van der Waals surface area contributed by atoms with Gasteiger partial charge in [0.05, 0.1) is 13.2 Å². The van der Waals surface area contributed by atoms with E-state index >= 15 is 0 Å². The van der Waals surface area contributed by atoms with Crippen molar-refractivity contribution in [3.8, 4) is 11.5 Å². The van der Waals surface area contributed by atoms with Crippen LogP contribution in [0.25, 0.3) is 0 Å². The Bertz CT molecular complexity index is 491. The maximum absolute atomic E-state index is 5.80. The number of hydrogen-bond acceptors (Lipinski definition) is 4. The van der Waals surface area contributed by atoms with Crippen LogP contribution in [-0.2, 0) is 0 Å². The zero-order valence-corrected chi connectivity index (χ0v) is 11.9. The largest absolute Gasteiger partial charge is 0.490 e. The lowest BCUT2D eigenvalue weighted by Gasteiger charge is -2.39. The molecule has 3 aliphatic heterocycles. The van der Waals surface area contributed by atoms with E-state index in [0.717, 1.165) is 50.3 Å². The number of piperazine rings is 1. The topological polar surface area (TPSA) is 24.9 Å². The molecular weight excluding hydrogens is 252 g/mol. The number of benzene rings is 1. The molecule has 0 aliphatic carbocycles. The fourth-order valence-electron chi connectivity index (χ4n) is 3.57. The molecule has 4 nitrogen and oxygen atoms in total. The van der Waals surface area contributed by atoms with E-state index in [-0.39, 0.29) is 0 Å². The molecule has 4 rings (SSSR count). The molecule has 20 heavy (non-hydrogen) atoms. The van der Waals surface area contributed by atoms with Gasteiger partial charge < -0.3 is 14.4 Å². The first-order valence-electron chi connectivity index (χ1n) is 7.79. The van der Waals surface area contributed by atoms with Gasteiger partial charge >= 0.3 is 0 Å². The molecule has 0 N–H and O–H groups in total. The number of hydrogen-bond donors (Lipinski definition) is 0. The van der Waals surface area contributed by atoms with Crippen molar-refractivity contribution in [3.63, 3.8) is 0 Å². The number of fused-ring (bicyclic) bond motifs is 2. The Kier molecular flexibility index (Phi) is 3.19. The van der Waals surface area contributed by atoms with Crippen LogP contribution in [0.5, 0.6) is 11.5 Å². The van der Waals surface area contributed by atoms with Crippen molar-refractivity contribution in [1.82, 2.24) is 4.90 Å². The maximum atomic E-state index is 5.80. The van der Waals surface area contributed by atoms with Gasteiger partial charge in [-0.1, -0.05) is 0 Å². The third-order valence-corrected chi connectivity index (χ3v) is 4.68. The summed E-state index contributed by atoms with van der Waals surface area (Å²) in [4.78, 5) is 5.14. The van der Waals surface area contributed by atoms with E-state index in [0.29, 0.717) is 0 Å². The van der Waals surface area contributed by atoms with Crippen molar-refractivity contribution in [2.45, 2.75) is 25.3 Å². The van der Waals surface area contributed by atoms with Crippen LogP contribution < -0.4 is 14.4 Å². The van der Waals surface area contributed by atoms with Crippen LogP contribution in [-0.4, -0.2) is 50.3 Å². The van der Waals surface area contributed by atoms with Gasteiger partial charge in [-0.2, -0.15) is 0 Å². The van der Waals surface area contributed by atoms with Gasteiger partial charge in [0.15, 0.2) is 11.5 Å². The second-order valence-corrected chi connectivity index (χ2v) is 5.96. The Morgan fingerprint density at radius 1 is 0.950 bits per heavy atom. The standard InChI is InChI=1S/C16H22N2O2/c1-3-14-12-18(8-7-17(14)6-1)13-4-5-15-16(11-13)20-10-2-9-19-15/h4-5,11,14H,1-3,6-10,12H2. The first-order valence-corrected chi connectivity index (χ1v) is 7.79. The van der Waals surface area contributed by atoms with Crippen molar-refractivity contribution in [2.75, 3.05) is 44.3 Å². The van der Waals surface area contributed by atoms with Crippen molar-refractivity contribution < 1.29 is 9.47 Å². The average Bonchev–Trinajstić information content (AvgIpc) is 2.83. The lowest BCUT2D eigenvalue weighted by atomic mass is 10.1. The van der Waals surface area contributed by atoms with Gasteiger partial charge in [-0.25, -0.2) is 0 Å². The van der Waals surface area contributed by atoms with Crippen LogP contribution >= 0.6 is 0 Å². The van der Waals surface area contributed by atoms with Gasteiger partial charge in [-0.3, -0.25) is 4.90 Å². The molecule has 0 radical (unpaired) electrons. The minimum atomic E-state index is 0.750. The molecule has 1 aromatic carbocycles. The van der Waals surface area contributed by atoms with Gasteiger partial charge in [-0.15, -0.1) is 0 Å². The third-order valence-electron chi connectivity index (χ3n) is 4.68. The molecule has 1 unspecified atom stereocenters. The summed E-state index contributed by atoms with van der Waals surface area (Å²) >= 11 is 0. The maximum Gasteiger partial charge on any atom is 0.163 e. The molecule has 1 atom stereocenters. The van der Waals surface area contributed by atoms with E-state index in [9.17, 15) is 0 Å². The Morgan fingerprint density at radius 3 is 2.80 bits per heavy atom. The highest BCUT2D eigenvalue weighted by atomic mass is 16.5. The van der Waals surface area contributed by atoms with E-state index in [1.54, 1.807) is 0 Å². The summed E-state index contributed by atoms with van der Waals surface area (Å²) < 4.78 is 11.5. The van der Waals surface area contributed by atoms with Gasteiger partial charge in [-0.05, 0) is 31.5 Å². The molecule has 2 saturated heterocycles. The Balaban J connectivity index is 1.55. The van der Waals surface area contributed by atoms with Crippen molar-refractivity contribution in [3.05, 3.63) is 18.2 Å². The van der Waals surface area contributed by atoms with Crippen LogP contribution in [0.4, 0.5) is 5.69 Å². The summed E-state index contributed by atoms with van der Waals surface area (Å²) in [6.45, 7) is 6.27. The van der Waals surface area contributed by atoms with Crippen molar-refractivity contribution >= 4 is 5.69 Å². The zero-order chi connectivity index (χ0) is 13.4. The van der Waals surface area contributed by atoms with Crippen LogP contribution in [0.3, 0.4) is 0 Å². The van der Waals surface area contributed by atoms with E-state index in [2.05, 4.69) is 28.0 Å². The molecule has 3 aliphatic rings. The van der Waals surface area contributed by atoms with E-state index in [1.165, 1.54) is 31.6 Å². The van der Waals surface area contributed by atoms with Crippen LogP contribution in [0.15, 0.2) is 18.2 Å². The highest BCUT2D eigenvalue weighted by molar-refractivity contribution is 5.57. The molecule has 4 heteroatoms. The minimum Gasteiger partial charge on any atom is -0.490 e. The summed E-state index contributed by atoms with van der Waals surface area (Å²) in [7, 11) is 0. The van der Waals surface area contributed by atoms with Gasteiger partial charge in [0, 0.05) is 43.9 Å². The molecule has 0 aromatic heterocycles. The molecule has 3 heterocycles. The predicted molar refractivity (Wildman–Crippen MR) is 78.9 cm³/mol. The summed E-state index contributed by atoms with van der Waals surface area (Å²) in [5.74, 6) is 1.81. The summed E-state index contributed by atoms with van der Waals surface area (Å²) in [6, 6.07) is 7.15. The molecule has 0 amide bonds. The van der Waals surface area contributed by atoms with Crippen LogP contribution in [0, 0.1) is 0 Å². The van der Waals surface area contributed by atoms with Gasteiger partial charge in [0.25, 0.3) is 0 Å². The molecule has 0 saturated carbocycles. The van der Waals surface area contributed by atoms with Gasteiger partial charge in [0.1, 0.15) is 0 Å². The van der Waals surface area contributed by atoms with Crippen LogP contribution in [0.2, 0.25) is 0 Å². The lowest BCUT2D eigenvalue weighted by molar-refractivity contribution is 0.231. The van der Waals surface area contributed by atoms with E-state index in [1.807, 2.05) is 0 Å². The molecule has 108 valence electrons. The number of nitrogens with zero attached hydrogens (tertiary/aromatic N) is 2. The SMILES string of the molecule is c1cc2c(cc1N1CCN3CCCC3C1)OCCCO2. The van der Waals surface area contributed by atoms with E-state index in [4.69, 9.17) is 9.47 Å². The molecule has 2 fully saturated rings. The smallest absolute Gasteiger partial charge is 0.163 e. The third kappa shape index (κ3) is 2.22. The molecule has 1 aromatic rings. The zero-order valence-electron chi connectivity index (χ0n) is 11.9. The second-order valence-electron chi connectivity index (χ2n) is 5.96. The Morgan fingerprint density at radius 2 is 1.85 bits per heavy atom. The van der Waals surface area contributed by atoms with E-state index < -0.39 is 0 Å². The second kappa shape index (κ2) is 5.17. The molecular formula is C16H22N2O2. The fourth-order valence-corrected chi connectivity index (χ4v) is 3.57. The predicted octanol–water partition coefficient (Wildman–Crippen LogP) is 2.13. The van der Waals surface area contributed by atoms with Crippen molar-refractivity contribution in [2.24, 2.45) is 0 Å². The number of ether oxygens (including phenoxy) is 2. The normalized spacial score (nSPS) is 26.2. The Hall–Kier alpha value is -1.42. The monoisotopic (exact) mass is 274 g/mol. The summed E-state index contributed by atoms with van der Waals surface area (Å²) in [5.41, 5.74) is 1.28. The summed E-state index contributed by atoms with van der Waals surface area (Å²) in [5, 5.41) is 0. The lowest BCUT2D eigenvalue weighted by Crippen LogP contribution is -2.50. The molecule has 0 bridgehead atoms. The van der Waals surface area contributed by atoms with Crippen LogP contribution in [0.1, 0.15) is 19.3 Å². The number of rotatable bonds is 1. The average molecular weight is 274 g/mol. The van der Waals surface area contributed by atoms with Gasteiger partial charge in [0.2, 0.25) is 0 Å². The minimum absolute atomic E-state index is 0.750. The number of anilines is 1. The summed E-state index contributed by atoms with van der Waals surface area (Å²) in [6.07, 6.45) is 3.67. The fraction of sp³-hybridized carbons (Fsp3) is 0.625. The first kappa shape index (κ1) is 12.3.